The molecule has 0 spiro atoms. The lowest BCUT2D eigenvalue weighted by Gasteiger charge is -2.38. The highest BCUT2D eigenvalue weighted by Gasteiger charge is 2.45. The molecule has 1 aliphatic carbocycles. The Labute approximate surface area is 222 Å². The second-order valence-corrected chi connectivity index (χ2v) is 9.93. The largest absolute Gasteiger partial charge is 0.493 e. The van der Waals surface area contributed by atoms with Gasteiger partial charge >= 0.3 is 5.97 Å². The third-order valence-corrected chi connectivity index (χ3v) is 7.86. The molecule has 198 valence electrons. The highest BCUT2D eigenvalue weighted by molar-refractivity contribution is 5.87. The van der Waals surface area contributed by atoms with Crippen molar-refractivity contribution in [2.45, 2.75) is 43.6 Å². The van der Waals surface area contributed by atoms with Gasteiger partial charge in [-0.2, -0.15) is 0 Å². The van der Waals surface area contributed by atoms with E-state index in [0.717, 1.165) is 29.5 Å². The Balaban J connectivity index is 1.41. The van der Waals surface area contributed by atoms with E-state index in [4.69, 9.17) is 14.2 Å². The molecule has 38 heavy (non-hydrogen) atoms. The molecule has 5 rings (SSSR count). The fraction of sp³-hybridized carbons (Fsp3) is 0.355. The highest BCUT2D eigenvalue weighted by atomic mass is 19.1. The van der Waals surface area contributed by atoms with Crippen molar-refractivity contribution < 1.29 is 28.2 Å². The first-order valence-electron chi connectivity index (χ1n) is 13.0. The molecular weight excluding hydrogens is 485 g/mol. The quantitative estimate of drug-likeness (QED) is 0.394. The van der Waals surface area contributed by atoms with E-state index in [1.807, 2.05) is 42.5 Å². The normalized spacial score (nSPS) is 18.0. The van der Waals surface area contributed by atoms with Gasteiger partial charge in [0.05, 0.1) is 25.7 Å². The SMILES string of the molecule is COc1cc2c(cc1OC)C(c1ccccc1)N(C(=O)COC(=O)C1(c3cccc(F)c3)CCCC1)CC2. The van der Waals surface area contributed by atoms with E-state index in [-0.39, 0.29) is 24.4 Å². The smallest absolute Gasteiger partial charge is 0.317 e. The minimum atomic E-state index is -0.917. The minimum Gasteiger partial charge on any atom is -0.493 e. The summed E-state index contributed by atoms with van der Waals surface area (Å²) in [6.07, 6.45) is 3.49. The van der Waals surface area contributed by atoms with E-state index in [0.29, 0.717) is 42.9 Å². The zero-order valence-corrected chi connectivity index (χ0v) is 21.7. The van der Waals surface area contributed by atoms with Crippen LogP contribution in [0.3, 0.4) is 0 Å². The summed E-state index contributed by atoms with van der Waals surface area (Å²) in [4.78, 5) is 28.8. The summed E-state index contributed by atoms with van der Waals surface area (Å²) in [7, 11) is 3.19. The van der Waals surface area contributed by atoms with Crippen molar-refractivity contribution in [2.75, 3.05) is 27.4 Å². The van der Waals surface area contributed by atoms with E-state index in [1.54, 1.807) is 31.3 Å². The Bertz CT molecular complexity index is 1320. The molecule has 1 aliphatic heterocycles. The van der Waals surface area contributed by atoms with Crippen molar-refractivity contribution in [2.24, 2.45) is 0 Å². The van der Waals surface area contributed by atoms with Crippen LogP contribution in [0.25, 0.3) is 0 Å². The predicted molar refractivity (Wildman–Crippen MR) is 141 cm³/mol. The van der Waals surface area contributed by atoms with Gasteiger partial charge in [0.25, 0.3) is 5.91 Å². The zero-order chi connectivity index (χ0) is 26.7. The number of fused-ring (bicyclic) bond motifs is 1. The lowest BCUT2D eigenvalue weighted by atomic mass is 9.79. The molecule has 1 saturated carbocycles. The number of nitrogens with zero attached hydrogens (tertiary/aromatic N) is 1. The molecular formula is C31H32FNO5. The maximum Gasteiger partial charge on any atom is 0.317 e. The van der Waals surface area contributed by atoms with Gasteiger partial charge in [-0.1, -0.05) is 55.3 Å². The molecule has 7 heteroatoms. The summed E-state index contributed by atoms with van der Waals surface area (Å²) in [6, 6.07) is 19.5. The molecule has 0 aromatic heterocycles. The van der Waals surface area contributed by atoms with Gasteiger partial charge in [0.15, 0.2) is 18.1 Å². The molecule has 0 bridgehead atoms. The van der Waals surface area contributed by atoms with Gasteiger partial charge < -0.3 is 19.1 Å². The average molecular weight is 518 g/mol. The molecule has 0 radical (unpaired) electrons. The third kappa shape index (κ3) is 4.73. The van der Waals surface area contributed by atoms with Gasteiger partial charge in [0, 0.05) is 6.54 Å². The van der Waals surface area contributed by atoms with Crippen LogP contribution in [0.4, 0.5) is 4.39 Å². The van der Waals surface area contributed by atoms with Crippen molar-refractivity contribution >= 4 is 11.9 Å². The van der Waals surface area contributed by atoms with Crippen molar-refractivity contribution in [1.82, 2.24) is 4.90 Å². The molecule has 2 aliphatic rings. The maximum atomic E-state index is 14.0. The summed E-state index contributed by atoms with van der Waals surface area (Å²) >= 11 is 0. The molecule has 1 amide bonds. The number of esters is 1. The number of methoxy groups -OCH3 is 2. The molecule has 1 fully saturated rings. The molecule has 6 nitrogen and oxygen atoms in total. The number of amides is 1. The summed E-state index contributed by atoms with van der Waals surface area (Å²) < 4.78 is 30.8. The first-order valence-corrected chi connectivity index (χ1v) is 13.0. The summed E-state index contributed by atoms with van der Waals surface area (Å²) in [6.45, 7) is 0.0926. The van der Waals surface area contributed by atoms with Gasteiger partial charge in [-0.05, 0) is 65.8 Å². The van der Waals surface area contributed by atoms with E-state index in [1.165, 1.54) is 12.1 Å². The van der Waals surface area contributed by atoms with Gasteiger partial charge in [-0.3, -0.25) is 9.59 Å². The van der Waals surface area contributed by atoms with Crippen LogP contribution in [0.1, 0.15) is 54.0 Å². The van der Waals surface area contributed by atoms with Crippen LogP contribution in [0, 0.1) is 5.82 Å². The van der Waals surface area contributed by atoms with Crippen LogP contribution < -0.4 is 9.47 Å². The number of hydrogen-bond donors (Lipinski definition) is 0. The number of halogens is 1. The first-order chi connectivity index (χ1) is 18.5. The maximum absolute atomic E-state index is 14.0. The van der Waals surface area contributed by atoms with Crippen molar-refractivity contribution in [3.8, 4) is 11.5 Å². The summed E-state index contributed by atoms with van der Waals surface area (Å²) in [5.41, 5.74) is 2.68. The van der Waals surface area contributed by atoms with Crippen LogP contribution in [0.15, 0.2) is 66.7 Å². The highest BCUT2D eigenvalue weighted by Crippen LogP contribution is 2.43. The van der Waals surface area contributed by atoms with Gasteiger partial charge in [0.2, 0.25) is 0 Å². The first kappa shape index (κ1) is 25.8. The molecule has 1 unspecified atom stereocenters. The Morgan fingerprint density at radius 3 is 2.34 bits per heavy atom. The van der Waals surface area contributed by atoms with Crippen LogP contribution in [0.2, 0.25) is 0 Å². The van der Waals surface area contributed by atoms with Crippen molar-refractivity contribution in [1.29, 1.82) is 0 Å². The Kier molecular flexibility index (Phi) is 7.36. The molecule has 1 atom stereocenters. The lowest BCUT2D eigenvalue weighted by Crippen LogP contribution is -2.44. The third-order valence-electron chi connectivity index (χ3n) is 7.86. The second-order valence-electron chi connectivity index (χ2n) is 9.93. The number of hydrogen-bond acceptors (Lipinski definition) is 5. The number of rotatable bonds is 7. The van der Waals surface area contributed by atoms with Crippen molar-refractivity contribution in [3.63, 3.8) is 0 Å². The standard InChI is InChI=1S/C31H32FNO5/c1-36-26-17-22-13-16-33(29(21-9-4-3-5-10-21)25(22)19-27(26)37-2)28(34)20-38-30(35)31(14-6-7-15-31)23-11-8-12-24(32)18-23/h3-5,8-12,17-19,29H,6-7,13-16,20H2,1-2H3. The van der Waals surface area contributed by atoms with E-state index in [2.05, 4.69) is 0 Å². The fourth-order valence-corrected chi connectivity index (χ4v) is 5.93. The Hall–Kier alpha value is -3.87. The monoisotopic (exact) mass is 517 g/mol. The average Bonchev–Trinajstić information content (AvgIpc) is 3.46. The topological polar surface area (TPSA) is 65.1 Å². The van der Waals surface area contributed by atoms with Crippen LogP contribution in [-0.4, -0.2) is 44.1 Å². The summed E-state index contributed by atoms with van der Waals surface area (Å²) in [5.74, 6) is 0.105. The van der Waals surface area contributed by atoms with Crippen LogP contribution in [0.5, 0.6) is 11.5 Å². The van der Waals surface area contributed by atoms with Crippen LogP contribution in [-0.2, 0) is 26.2 Å². The predicted octanol–water partition coefficient (Wildman–Crippen LogP) is 5.37. The molecule has 0 saturated heterocycles. The van der Waals surface area contributed by atoms with E-state index >= 15 is 0 Å². The van der Waals surface area contributed by atoms with Crippen molar-refractivity contribution in [3.05, 3.63) is 94.8 Å². The second kappa shape index (κ2) is 10.9. The molecule has 3 aromatic carbocycles. The number of carbonyl (C=O) groups is 2. The van der Waals surface area contributed by atoms with Gasteiger partial charge in [0.1, 0.15) is 5.82 Å². The lowest BCUT2D eigenvalue weighted by molar-refractivity contribution is -0.157. The molecule has 0 N–H and O–H groups in total. The van der Waals surface area contributed by atoms with E-state index < -0.39 is 11.4 Å². The van der Waals surface area contributed by atoms with Crippen LogP contribution >= 0.6 is 0 Å². The minimum absolute atomic E-state index is 0.278. The molecule has 1 heterocycles. The number of benzene rings is 3. The summed E-state index contributed by atoms with van der Waals surface area (Å²) in [5, 5.41) is 0. The van der Waals surface area contributed by atoms with E-state index in [9.17, 15) is 14.0 Å². The molecule has 3 aromatic rings. The number of ether oxygens (including phenoxy) is 3. The zero-order valence-electron chi connectivity index (χ0n) is 21.7. The number of carbonyl (C=O) groups excluding carboxylic acids is 2. The Morgan fingerprint density at radius 2 is 1.66 bits per heavy atom. The van der Waals surface area contributed by atoms with Gasteiger partial charge in [-0.15, -0.1) is 0 Å². The fourth-order valence-electron chi connectivity index (χ4n) is 5.93. The van der Waals surface area contributed by atoms with Gasteiger partial charge in [-0.25, -0.2) is 4.39 Å². The Morgan fingerprint density at radius 1 is 0.947 bits per heavy atom.